The maximum Gasteiger partial charge on any atom is 0.122 e. The first-order valence-electron chi connectivity index (χ1n) is 5.60. The number of hydrogen-bond acceptors (Lipinski definition) is 2. The van der Waals surface area contributed by atoms with Crippen LogP contribution in [0.5, 0.6) is 5.75 Å². The van der Waals surface area contributed by atoms with Crippen molar-refractivity contribution >= 4 is 11.0 Å². The minimum atomic E-state index is -1.42. The van der Waals surface area contributed by atoms with E-state index in [1.807, 2.05) is 43.3 Å². The molecule has 0 saturated carbocycles. The molecule has 1 atom stereocenters. The third-order valence-corrected chi connectivity index (χ3v) is 3.32. The van der Waals surface area contributed by atoms with Crippen LogP contribution in [0.15, 0.2) is 53.4 Å². The molecule has 2 N–H and O–H groups in total. The zero-order valence-corrected chi connectivity index (χ0v) is 10.9. The average Bonchev–Trinajstić information content (AvgIpc) is 2.38. The summed E-state index contributed by atoms with van der Waals surface area (Å²) in [6.45, 7) is 2.52. The Morgan fingerprint density at radius 2 is 1.67 bits per heavy atom. The zero-order valence-electron chi connectivity index (χ0n) is 10.1. The standard InChI is InChI=1S/C14H15NO2S/c1-11-2-6-13(7-3-11)17-10-12-4-8-14(9-5-12)18(15)16/h2-9H,10,15H2,1H3. The van der Waals surface area contributed by atoms with Crippen molar-refractivity contribution in [3.63, 3.8) is 0 Å². The summed E-state index contributed by atoms with van der Waals surface area (Å²) < 4.78 is 16.7. The van der Waals surface area contributed by atoms with Gasteiger partial charge in [0.2, 0.25) is 0 Å². The predicted octanol–water partition coefficient (Wildman–Crippen LogP) is 2.56. The molecular formula is C14H15NO2S. The van der Waals surface area contributed by atoms with Gasteiger partial charge in [-0.05, 0) is 36.8 Å². The molecule has 2 rings (SSSR count). The van der Waals surface area contributed by atoms with Crippen LogP contribution in [-0.4, -0.2) is 4.21 Å². The van der Waals surface area contributed by atoms with E-state index in [0.717, 1.165) is 11.3 Å². The van der Waals surface area contributed by atoms with Crippen LogP contribution in [0, 0.1) is 6.92 Å². The highest BCUT2D eigenvalue weighted by atomic mass is 32.2. The summed E-state index contributed by atoms with van der Waals surface area (Å²) in [6.07, 6.45) is 0. The lowest BCUT2D eigenvalue weighted by molar-refractivity contribution is 0.306. The Hall–Kier alpha value is -1.65. The number of nitrogens with two attached hydrogens (primary N) is 1. The lowest BCUT2D eigenvalue weighted by Gasteiger charge is -2.07. The van der Waals surface area contributed by atoms with E-state index in [4.69, 9.17) is 9.88 Å². The lowest BCUT2D eigenvalue weighted by atomic mass is 10.2. The molecule has 0 spiro atoms. The molecule has 4 heteroatoms. The van der Waals surface area contributed by atoms with Gasteiger partial charge in [-0.15, -0.1) is 0 Å². The second-order valence-electron chi connectivity index (χ2n) is 4.04. The Labute approximate surface area is 109 Å². The van der Waals surface area contributed by atoms with Crippen LogP contribution in [0.4, 0.5) is 0 Å². The molecule has 0 fully saturated rings. The average molecular weight is 261 g/mol. The minimum absolute atomic E-state index is 0.487. The van der Waals surface area contributed by atoms with Gasteiger partial charge in [0.1, 0.15) is 23.3 Å². The van der Waals surface area contributed by atoms with Gasteiger partial charge in [0.05, 0.1) is 4.90 Å². The molecule has 0 aliphatic carbocycles. The fourth-order valence-electron chi connectivity index (χ4n) is 1.52. The maximum absolute atomic E-state index is 11.0. The van der Waals surface area contributed by atoms with Gasteiger partial charge in [-0.2, -0.15) is 0 Å². The van der Waals surface area contributed by atoms with Gasteiger partial charge in [0.25, 0.3) is 0 Å². The molecule has 2 aromatic rings. The topological polar surface area (TPSA) is 52.3 Å². The smallest absolute Gasteiger partial charge is 0.122 e. The summed E-state index contributed by atoms with van der Waals surface area (Å²) in [5.74, 6) is 0.840. The second-order valence-corrected chi connectivity index (χ2v) is 5.11. The third kappa shape index (κ3) is 3.42. The zero-order chi connectivity index (χ0) is 13.0. The monoisotopic (exact) mass is 261 g/mol. The van der Waals surface area contributed by atoms with Gasteiger partial charge in [-0.3, -0.25) is 0 Å². The van der Waals surface area contributed by atoms with E-state index in [-0.39, 0.29) is 0 Å². The molecule has 0 radical (unpaired) electrons. The Morgan fingerprint density at radius 3 is 2.22 bits per heavy atom. The van der Waals surface area contributed by atoms with Crippen LogP contribution in [-0.2, 0) is 17.6 Å². The number of aryl methyl sites for hydroxylation is 1. The Morgan fingerprint density at radius 1 is 1.06 bits per heavy atom. The van der Waals surface area contributed by atoms with Crippen molar-refractivity contribution in [2.75, 3.05) is 0 Å². The van der Waals surface area contributed by atoms with Crippen molar-refractivity contribution < 1.29 is 8.95 Å². The number of hydrogen-bond donors (Lipinski definition) is 1. The van der Waals surface area contributed by atoms with E-state index in [1.165, 1.54) is 5.56 Å². The SMILES string of the molecule is Cc1ccc(OCc2ccc(S(N)=O)cc2)cc1. The van der Waals surface area contributed by atoms with Crippen molar-refractivity contribution in [3.8, 4) is 5.75 Å². The highest BCUT2D eigenvalue weighted by Gasteiger charge is 1.99. The normalized spacial score (nSPS) is 12.1. The first-order valence-corrected chi connectivity index (χ1v) is 6.81. The Balaban J connectivity index is 1.97. The number of rotatable bonds is 4. The third-order valence-electron chi connectivity index (χ3n) is 2.58. The van der Waals surface area contributed by atoms with Crippen LogP contribution < -0.4 is 9.88 Å². The van der Waals surface area contributed by atoms with E-state index in [9.17, 15) is 4.21 Å². The Kier molecular flexibility index (Phi) is 4.12. The van der Waals surface area contributed by atoms with E-state index < -0.39 is 11.0 Å². The summed E-state index contributed by atoms with van der Waals surface area (Å²) in [4.78, 5) is 0.620. The summed E-state index contributed by atoms with van der Waals surface area (Å²) in [5, 5.41) is 5.28. The molecule has 0 bridgehead atoms. The fourth-order valence-corrected chi connectivity index (χ4v) is 1.93. The number of ether oxygens (including phenoxy) is 1. The molecule has 0 saturated heterocycles. The van der Waals surface area contributed by atoms with E-state index in [0.29, 0.717) is 11.5 Å². The van der Waals surface area contributed by atoms with Crippen molar-refractivity contribution in [1.29, 1.82) is 0 Å². The van der Waals surface area contributed by atoms with Crippen LogP contribution in [0.25, 0.3) is 0 Å². The molecule has 0 amide bonds. The highest BCUT2D eigenvalue weighted by Crippen LogP contribution is 2.14. The molecule has 1 unspecified atom stereocenters. The Bertz CT molecular complexity index is 535. The van der Waals surface area contributed by atoms with Crippen molar-refractivity contribution in [2.24, 2.45) is 5.14 Å². The minimum Gasteiger partial charge on any atom is -0.489 e. The molecule has 3 nitrogen and oxygen atoms in total. The van der Waals surface area contributed by atoms with Crippen LogP contribution in [0.2, 0.25) is 0 Å². The van der Waals surface area contributed by atoms with Gasteiger partial charge in [-0.25, -0.2) is 9.35 Å². The molecule has 18 heavy (non-hydrogen) atoms. The molecule has 0 aliphatic heterocycles. The quantitative estimate of drug-likeness (QED) is 0.919. The first kappa shape index (κ1) is 12.8. The van der Waals surface area contributed by atoms with Crippen LogP contribution >= 0.6 is 0 Å². The molecule has 0 aliphatic rings. The van der Waals surface area contributed by atoms with Gasteiger partial charge < -0.3 is 4.74 Å². The van der Waals surface area contributed by atoms with Crippen LogP contribution in [0.3, 0.4) is 0 Å². The van der Waals surface area contributed by atoms with E-state index >= 15 is 0 Å². The molecule has 94 valence electrons. The molecular weight excluding hydrogens is 246 g/mol. The van der Waals surface area contributed by atoms with Gasteiger partial charge in [0.15, 0.2) is 0 Å². The largest absolute Gasteiger partial charge is 0.489 e. The maximum atomic E-state index is 11.0. The van der Waals surface area contributed by atoms with Crippen LogP contribution in [0.1, 0.15) is 11.1 Å². The number of benzene rings is 2. The predicted molar refractivity (Wildman–Crippen MR) is 72.5 cm³/mol. The van der Waals surface area contributed by atoms with Crippen molar-refractivity contribution in [3.05, 3.63) is 59.7 Å². The van der Waals surface area contributed by atoms with Gasteiger partial charge in [-0.1, -0.05) is 29.8 Å². The first-order chi connectivity index (χ1) is 8.65. The summed E-state index contributed by atoms with van der Waals surface area (Å²) in [7, 11) is -1.42. The summed E-state index contributed by atoms with van der Waals surface area (Å²) >= 11 is 0. The van der Waals surface area contributed by atoms with Crippen molar-refractivity contribution in [1.82, 2.24) is 0 Å². The summed E-state index contributed by atoms with van der Waals surface area (Å²) in [6, 6.07) is 15.2. The van der Waals surface area contributed by atoms with Crippen molar-refractivity contribution in [2.45, 2.75) is 18.4 Å². The lowest BCUT2D eigenvalue weighted by Crippen LogP contribution is -2.03. The molecule has 2 aromatic carbocycles. The second kappa shape index (κ2) is 5.80. The van der Waals surface area contributed by atoms with Gasteiger partial charge >= 0.3 is 0 Å². The summed E-state index contributed by atoms with van der Waals surface area (Å²) in [5.41, 5.74) is 2.22. The van der Waals surface area contributed by atoms with E-state index in [1.54, 1.807) is 12.1 Å². The highest BCUT2D eigenvalue weighted by molar-refractivity contribution is 7.82. The van der Waals surface area contributed by atoms with Gasteiger partial charge in [0, 0.05) is 0 Å². The molecule has 0 aromatic heterocycles. The molecule has 0 heterocycles. The fraction of sp³-hybridized carbons (Fsp3) is 0.143. The van der Waals surface area contributed by atoms with E-state index in [2.05, 4.69) is 0 Å².